The van der Waals surface area contributed by atoms with Crippen LogP contribution in [0.4, 0.5) is 10.3 Å². The Bertz CT molecular complexity index is 1310. The number of rotatable bonds is 6. The van der Waals surface area contributed by atoms with Crippen molar-refractivity contribution >= 4 is 27.3 Å². The first kappa shape index (κ1) is 21.1. The number of hydrogen-bond donors (Lipinski definition) is 0. The van der Waals surface area contributed by atoms with E-state index in [1.165, 1.54) is 42.5 Å². The second kappa shape index (κ2) is 8.53. The molecule has 0 radical (unpaired) electrons. The van der Waals surface area contributed by atoms with Gasteiger partial charge in [0.25, 0.3) is 0 Å². The van der Waals surface area contributed by atoms with E-state index in [0.717, 1.165) is 5.56 Å². The van der Waals surface area contributed by atoms with Crippen molar-refractivity contribution in [3.8, 4) is 11.5 Å². The van der Waals surface area contributed by atoms with E-state index >= 15 is 0 Å². The second-order valence-electron chi connectivity index (χ2n) is 6.91. The van der Waals surface area contributed by atoms with Gasteiger partial charge in [-0.3, -0.25) is 0 Å². The summed E-state index contributed by atoms with van der Waals surface area (Å²) >= 11 is 5.90. The van der Waals surface area contributed by atoms with Crippen molar-refractivity contribution < 1.29 is 17.2 Å². The van der Waals surface area contributed by atoms with Gasteiger partial charge in [0.05, 0.1) is 10.5 Å². The van der Waals surface area contributed by atoms with Crippen LogP contribution in [0.5, 0.6) is 0 Å². The summed E-state index contributed by atoms with van der Waals surface area (Å²) in [6.45, 7) is 0.371. The summed E-state index contributed by atoms with van der Waals surface area (Å²) in [5.41, 5.74) is 1.03. The highest BCUT2D eigenvalue weighted by Crippen LogP contribution is 2.35. The number of nitrogens with zero attached hydrogens (tertiary/aromatic N) is 2. The summed E-state index contributed by atoms with van der Waals surface area (Å²) < 4.78 is 46.9. The lowest BCUT2D eigenvalue weighted by atomic mass is 10.2. The third-order valence-corrected chi connectivity index (χ3v) is 6.59. The number of hydrogen-bond acceptors (Lipinski definition) is 5. The highest BCUT2D eigenvalue weighted by atomic mass is 35.5. The minimum atomic E-state index is -4.05. The molecule has 158 valence electrons. The number of sulfone groups is 1. The summed E-state index contributed by atoms with van der Waals surface area (Å²) in [5.74, 6) is -0.644. The highest BCUT2D eigenvalue weighted by molar-refractivity contribution is 7.91. The Morgan fingerprint density at radius 2 is 1.61 bits per heavy atom. The number of anilines is 1. The molecule has 0 atom stereocenters. The zero-order chi connectivity index (χ0) is 22.0. The van der Waals surface area contributed by atoms with Crippen molar-refractivity contribution in [3.05, 3.63) is 95.3 Å². The van der Waals surface area contributed by atoms with Gasteiger partial charge < -0.3 is 9.32 Å². The molecule has 0 amide bonds. The summed E-state index contributed by atoms with van der Waals surface area (Å²) in [7, 11) is -2.36. The average Bonchev–Trinajstić information content (AvgIpc) is 3.21. The molecule has 0 bridgehead atoms. The summed E-state index contributed by atoms with van der Waals surface area (Å²) in [4.78, 5) is 5.85. The van der Waals surface area contributed by atoms with E-state index < -0.39 is 15.7 Å². The molecular weight excluding hydrogens is 439 g/mol. The summed E-state index contributed by atoms with van der Waals surface area (Å²) in [5, 5.41) is 0.124. The van der Waals surface area contributed by atoms with Crippen molar-refractivity contribution in [2.75, 3.05) is 11.9 Å². The molecule has 8 heteroatoms. The fourth-order valence-corrected chi connectivity index (χ4v) is 4.59. The first-order valence-electron chi connectivity index (χ1n) is 9.38. The average molecular weight is 457 g/mol. The number of oxazole rings is 1. The van der Waals surface area contributed by atoms with Crippen LogP contribution in [0.25, 0.3) is 11.5 Å². The number of aromatic nitrogens is 1. The Morgan fingerprint density at radius 3 is 2.29 bits per heavy atom. The minimum Gasteiger partial charge on any atom is -0.419 e. The van der Waals surface area contributed by atoms with Crippen molar-refractivity contribution in [1.29, 1.82) is 0 Å². The molecule has 0 N–H and O–H groups in total. The Balaban J connectivity index is 1.84. The van der Waals surface area contributed by atoms with E-state index in [1.54, 1.807) is 18.0 Å². The van der Waals surface area contributed by atoms with Gasteiger partial charge in [0, 0.05) is 18.6 Å². The maximum absolute atomic E-state index is 14.4. The van der Waals surface area contributed by atoms with Crippen LogP contribution in [0, 0.1) is 5.82 Å². The first-order chi connectivity index (χ1) is 14.9. The van der Waals surface area contributed by atoms with Crippen LogP contribution in [-0.2, 0) is 16.4 Å². The molecule has 3 aromatic carbocycles. The maximum Gasteiger partial charge on any atom is 0.236 e. The Hall–Kier alpha value is -3.16. The zero-order valence-corrected chi connectivity index (χ0v) is 18.1. The molecule has 1 aromatic heterocycles. The third-order valence-electron chi connectivity index (χ3n) is 4.67. The highest BCUT2D eigenvalue weighted by Gasteiger charge is 2.31. The largest absolute Gasteiger partial charge is 0.419 e. The van der Waals surface area contributed by atoms with Gasteiger partial charge >= 0.3 is 0 Å². The predicted octanol–water partition coefficient (Wildman–Crippen LogP) is 5.60. The standard InChI is InChI=1S/C23H18ClFN2O3S/c1-27(15-16-7-3-2-4-8-16)23-22(31(28,29)18-13-11-17(24)12-14-18)26-21(30-23)19-9-5-6-10-20(19)25/h2-14H,15H2,1H3. The van der Waals surface area contributed by atoms with Gasteiger partial charge in [0.15, 0.2) is 0 Å². The first-order valence-corrected chi connectivity index (χ1v) is 11.2. The fourth-order valence-electron chi connectivity index (χ4n) is 3.12. The van der Waals surface area contributed by atoms with Crippen LogP contribution in [0.15, 0.2) is 93.2 Å². The Labute approximate surface area is 184 Å². The molecule has 4 aromatic rings. The molecule has 0 saturated carbocycles. The van der Waals surface area contributed by atoms with E-state index in [-0.39, 0.29) is 27.3 Å². The Kier molecular flexibility index (Phi) is 5.80. The van der Waals surface area contributed by atoms with Crippen LogP contribution in [0.2, 0.25) is 5.02 Å². The van der Waals surface area contributed by atoms with Gasteiger partial charge in [-0.1, -0.05) is 54.1 Å². The van der Waals surface area contributed by atoms with Gasteiger partial charge in [-0.25, -0.2) is 12.8 Å². The van der Waals surface area contributed by atoms with Crippen LogP contribution in [0.3, 0.4) is 0 Å². The lowest BCUT2D eigenvalue weighted by molar-refractivity contribution is 0.546. The van der Waals surface area contributed by atoms with Crippen molar-refractivity contribution in [3.63, 3.8) is 0 Å². The molecule has 0 spiro atoms. The van der Waals surface area contributed by atoms with Gasteiger partial charge in [-0.2, -0.15) is 4.98 Å². The molecule has 4 rings (SSSR count). The van der Waals surface area contributed by atoms with E-state index in [2.05, 4.69) is 4.98 Å². The number of halogens is 2. The molecule has 0 aliphatic heterocycles. The van der Waals surface area contributed by atoms with Crippen LogP contribution >= 0.6 is 11.6 Å². The molecule has 5 nitrogen and oxygen atoms in total. The van der Waals surface area contributed by atoms with Crippen molar-refractivity contribution in [2.45, 2.75) is 16.5 Å². The maximum atomic E-state index is 14.4. The number of benzene rings is 3. The molecule has 0 aliphatic rings. The van der Waals surface area contributed by atoms with E-state index in [4.69, 9.17) is 16.0 Å². The van der Waals surface area contributed by atoms with Crippen molar-refractivity contribution in [2.24, 2.45) is 0 Å². The smallest absolute Gasteiger partial charge is 0.236 e. The SMILES string of the molecule is CN(Cc1ccccc1)c1oc(-c2ccccc2F)nc1S(=O)(=O)c1ccc(Cl)cc1. The predicted molar refractivity (Wildman–Crippen MR) is 117 cm³/mol. The molecule has 0 aliphatic carbocycles. The van der Waals surface area contributed by atoms with Crippen molar-refractivity contribution in [1.82, 2.24) is 4.98 Å². The van der Waals surface area contributed by atoms with E-state index in [0.29, 0.717) is 11.6 Å². The lowest BCUT2D eigenvalue weighted by Crippen LogP contribution is -2.18. The van der Waals surface area contributed by atoms with E-state index in [9.17, 15) is 12.8 Å². The van der Waals surface area contributed by atoms with E-state index in [1.807, 2.05) is 30.3 Å². The second-order valence-corrected chi connectivity index (χ2v) is 9.21. The fraction of sp³-hybridized carbons (Fsp3) is 0.0870. The van der Waals surface area contributed by atoms with Gasteiger partial charge in [-0.05, 0) is 42.0 Å². The monoisotopic (exact) mass is 456 g/mol. The zero-order valence-electron chi connectivity index (χ0n) is 16.5. The summed E-state index contributed by atoms with van der Waals surface area (Å²) in [6.07, 6.45) is 0. The molecule has 1 heterocycles. The van der Waals surface area contributed by atoms with Gasteiger partial charge in [-0.15, -0.1) is 0 Å². The normalized spacial score (nSPS) is 11.5. The third kappa shape index (κ3) is 4.33. The van der Waals surface area contributed by atoms with Crippen LogP contribution in [-0.4, -0.2) is 20.4 Å². The molecular formula is C23H18ClFN2O3S. The molecule has 0 unspecified atom stereocenters. The quantitative estimate of drug-likeness (QED) is 0.377. The van der Waals surface area contributed by atoms with Gasteiger partial charge in [0.2, 0.25) is 26.6 Å². The van der Waals surface area contributed by atoms with Crippen LogP contribution < -0.4 is 4.90 Å². The van der Waals surface area contributed by atoms with Crippen LogP contribution in [0.1, 0.15) is 5.56 Å². The molecule has 31 heavy (non-hydrogen) atoms. The molecule has 0 fully saturated rings. The topological polar surface area (TPSA) is 63.4 Å². The Morgan fingerprint density at radius 1 is 0.968 bits per heavy atom. The summed E-state index contributed by atoms with van der Waals surface area (Å²) in [6, 6.07) is 21.2. The van der Waals surface area contributed by atoms with Gasteiger partial charge in [0.1, 0.15) is 5.82 Å². The molecule has 0 saturated heterocycles. The minimum absolute atomic E-state index is 0.0136. The lowest BCUT2D eigenvalue weighted by Gasteiger charge is -2.17.